The van der Waals surface area contributed by atoms with Gasteiger partial charge in [-0.3, -0.25) is 14.6 Å². The molecule has 2 saturated heterocycles. The molecule has 0 saturated carbocycles. The number of piperazine rings is 1. The number of carbonyl (C=O) groups is 1. The monoisotopic (exact) mass is 282 g/mol. The van der Waals surface area contributed by atoms with E-state index in [1.54, 1.807) is 0 Å². The molecule has 0 aromatic heterocycles. The maximum atomic E-state index is 12.4. The van der Waals surface area contributed by atoms with Crippen LogP contribution in [-0.4, -0.2) is 97.5 Å². The summed E-state index contributed by atoms with van der Waals surface area (Å²) < 4.78 is 0. The topological polar surface area (TPSA) is 30.0 Å². The van der Waals surface area contributed by atoms with Gasteiger partial charge >= 0.3 is 0 Å². The lowest BCUT2D eigenvalue weighted by Gasteiger charge is -2.37. The molecule has 2 rings (SSSR count). The van der Waals surface area contributed by atoms with Crippen molar-refractivity contribution in [2.75, 3.05) is 59.9 Å². The lowest BCUT2D eigenvalue weighted by atomic mass is 10.2. The third-order valence-electron chi connectivity index (χ3n) is 4.73. The number of nitrogens with zero attached hydrogens (tertiary/aromatic N) is 4. The van der Waals surface area contributed by atoms with Gasteiger partial charge < -0.3 is 9.80 Å². The summed E-state index contributed by atoms with van der Waals surface area (Å²) in [4.78, 5) is 21.4. The Labute approximate surface area is 123 Å². The first-order chi connectivity index (χ1) is 9.47. The fraction of sp³-hybridized carbons (Fsp3) is 0.933. The van der Waals surface area contributed by atoms with Gasteiger partial charge in [0.25, 0.3) is 0 Å². The minimum absolute atomic E-state index is 0.313. The summed E-state index contributed by atoms with van der Waals surface area (Å²) in [7, 11) is 4.25. The van der Waals surface area contributed by atoms with Crippen LogP contribution in [0.15, 0.2) is 0 Å². The molecule has 2 fully saturated rings. The van der Waals surface area contributed by atoms with E-state index in [4.69, 9.17) is 0 Å². The van der Waals surface area contributed by atoms with E-state index >= 15 is 0 Å². The van der Waals surface area contributed by atoms with Gasteiger partial charge in [-0.05, 0) is 34.4 Å². The molecule has 2 aliphatic heterocycles. The predicted octanol–water partition coefficient (Wildman–Crippen LogP) is 0.175. The second-order valence-corrected chi connectivity index (χ2v) is 6.65. The van der Waals surface area contributed by atoms with Crippen molar-refractivity contribution in [1.29, 1.82) is 0 Å². The Morgan fingerprint density at radius 3 is 2.30 bits per heavy atom. The number of likely N-dealkylation sites (tertiary alicyclic amines) is 1. The third kappa shape index (κ3) is 3.93. The van der Waals surface area contributed by atoms with Gasteiger partial charge in [0.05, 0.1) is 6.54 Å². The SMILES string of the molecule is CC(C)N1CCN(C(=O)CN2CCC(N(C)C)C2)CC1. The molecule has 116 valence electrons. The average Bonchev–Trinajstić information content (AvgIpc) is 2.87. The number of hydrogen-bond acceptors (Lipinski definition) is 4. The van der Waals surface area contributed by atoms with Crippen LogP contribution in [0.1, 0.15) is 20.3 Å². The molecule has 2 aliphatic rings. The summed E-state index contributed by atoms with van der Waals surface area (Å²) in [5.41, 5.74) is 0. The zero-order chi connectivity index (χ0) is 14.7. The molecule has 0 aromatic rings. The second kappa shape index (κ2) is 6.87. The van der Waals surface area contributed by atoms with E-state index < -0.39 is 0 Å². The normalized spacial score (nSPS) is 25.9. The van der Waals surface area contributed by atoms with Gasteiger partial charge in [-0.25, -0.2) is 0 Å². The average molecular weight is 282 g/mol. The smallest absolute Gasteiger partial charge is 0.236 e. The lowest BCUT2D eigenvalue weighted by molar-refractivity contribution is -0.134. The largest absolute Gasteiger partial charge is 0.339 e. The molecule has 1 atom stereocenters. The zero-order valence-corrected chi connectivity index (χ0v) is 13.5. The van der Waals surface area contributed by atoms with Crippen molar-refractivity contribution in [2.45, 2.75) is 32.4 Å². The van der Waals surface area contributed by atoms with Crippen molar-refractivity contribution in [3.63, 3.8) is 0 Å². The molecule has 5 nitrogen and oxygen atoms in total. The highest BCUT2D eigenvalue weighted by Gasteiger charge is 2.28. The quantitative estimate of drug-likeness (QED) is 0.735. The van der Waals surface area contributed by atoms with Crippen LogP contribution in [0, 0.1) is 0 Å². The fourth-order valence-electron chi connectivity index (χ4n) is 3.16. The van der Waals surface area contributed by atoms with Gasteiger partial charge in [0.1, 0.15) is 0 Å². The van der Waals surface area contributed by atoms with Crippen molar-refractivity contribution in [3.05, 3.63) is 0 Å². The summed E-state index contributed by atoms with van der Waals surface area (Å²) in [5, 5.41) is 0. The van der Waals surface area contributed by atoms with E-state index in [9.17, 15) is 4.79 Å². The van der Waals surface area contributed by atoms with Crippen LogP contribution in [0.2, 0.25) is 0 Å². The molecule has 0 aliphatic carbocycles. The number of amides is 1. The molecule has 5 heteroatoms. The Morgan fingerprint density at radius 1 is 1.15 bits per heavy atom. The Balaban J connectivity index is 1.74. The van der Waals surface area contributed by atoms with E-state index in [2.05, 4.69) is 42.6 Å². The maximum absolute atomic E-state index is 12.4. The number of hydrogen-bond donors (Lipinski definition) is 0. The molecule has 20 heavy (non-hydrogen) atoms. The molecule has 0 spiro atoms. The van der Waals surface area contributed by atoms with Gasteiger partial charge in [0, 0.05) is 51.4 Å². The lowest BCUT2D eigenvalue weighted by Crippen LogP contribution is -2.52. The first kappa shape index (κ1) is 15.7. The van der Waals surface area contributed by atoms with Gasteiger partial charge in [-0.1, -0.05) is 0 Å². The molecule has 2 heterocycles. The molecule has 1 unspecified atom stereocenters. The minimum atomic E-state index is 0.313. The Morgan fingerprint density at radius 2 is 1.80 bits per heavy atom. The van der Waals surface area contributed by atoms with E-state index in [0.717, 1.165) is 39.3 Å². The summed E-state index contributed by atoms with van der Waals surface area (Å²) in [6.45, 7) is 11.0. The zero-order valence-electron chi connectivity index (χ0n) is 13.5. The number of carbonyl (C=O) groups excluding carboxylic acids is 1. The van der Waals surface area contributed by atoms with Crippen LogP contribution in [0.5, 0.6) is 0 Å². The standard InChI is InChI=1S/C15H30N4O/c1-13(2)18-7-9-19(10-8-18)15(20)12-17-6-5-14(11-17)16(3)4/h13-14H,5-12H2,1-4H3. The minimum Gasteiger partial charge on any atom is -0.339 e. The molecular weight excluding hydrogens is 252 g/mol. The molecule has 0 radical (unpaired) electrons. The highest BCUT2D eigenvalue weighted by atomic mass is 16.2. The Bertz CT molecular complexity index is 324. The van der Waals surface area contributed by atoms with Crippen LogP contribution in [0.25, 0.3) is 0 Å². The summed E-state index contributed by atoms with van der Waals surface area (Å²) in [5.74, 6) is 0.313. The van der Waals surface area contributed by atoms with Crippen molar-refractivity contribution in [3.8, 4) is 0 Å². The highest BCUT2D eigenvalue weighted by Crippen LogP contribution is 2.14. The van der Waals surface area contributed by atoms with Gasteiger partial charge in [-0.15, -0.1) is 0 Å². The molecular formula is C15H30N4O. The second-order valence-electron chi connectivity index (χ2n) is 6.65. The third-order valence-corrected chi connectivity index (χ3v) is 4.73. The van der Waals surface area contributed by atoms with E-state index in [-0.39, 0.29) is 0 Å². The highest BCUT2D eigenvalue weighted by molar-refractivity contribution is 5.78. The summed E-state index contributed by atoms with van der Waals surface area (Å²) in [6.07, 6.45) is 1.18. The van der Waals surface area contributed by atoms with Gasteiger partial charge in [0.2, 0.25) is 5.91 Å². The van der Waals surface area contributed by atoms with E-state index in [1.807, 2.05) is 4.90 Å². The van der Waals surface area contributed by atoms with Crippen molar-refractivity contribution < 1.29 is 4.79 Å². The summed E-state index contributed by atoms with van der Waals surface area (Å²) in [6, 6.07) is 1.20. The van der Waals surface area contributed by atoms with Crippen molar-refractivity contribution >= 4 is 5.91 Å². The van der Waals surface area contributed by atoms with Crippen molar-refractivity contribution in [1.82, 2.24) is 19.6 Å². The van der Waals surface area contributed by atoms with Gasteiger partial charge in [0.15, 0.2) is 0 Å². The van der Waals surface area contributed by atoms with E-state index in [0.29, 0.717) is 24.5 Å². The first-order valence-electron chi connectivity index (χ1n) is 7.88. The van der Waals surface area contributed by atoms with Crippen LogP contribution < -0.4 is 0 Å². The van der Waals surface area contributed by atoms with Crippen molar-refractivity contribution in [2.24, 2.45) is 0 Å². The van der Waals surface area contributed by atoms with Crippen LogP contribution in [-0.2, 0) is 4.79 Å². The Kier molecular flexibility index (Phi) is 5.41. The first-order valence-corrected chi connectivity index (χ1v) is 7.88. The molecule has 0 N–H and O–H groups in total. The number of rotatable bonds is 4. The van der Waals surface area contributed by atoms with E-state index in [1.165, 1.54) is 6.42 Å². The maximum Gasteiger partial charge on any atom is 0.236 e. The predicted molar refractivity (Wildman–Crippen MR) is 81.8 cm³/mol. The molecule has 1 amide bonds. The molecule has 0 aromatic carbocycles. The van der Waals surface area contributed by atoms with Crippen LogP contribution in [0.3, 0.4) is 0 Å². The Hall–Kier alpha value is -0.650. The van der Waals surface area contributed by atoms with Crippen LogP contribution >= 0.6 is 0 Å². The molecule has 0 bridgehead atoms. The van der Waals surface area contributed by atoms with Crippen LogP contribution in [0.4, 0.5) is 0 Å². The number of likely N-dealkylation sites (N-methyl/N-ethyl adjacent to an activating group) is 1. The van der Waals surface area contributed by atoms with Gasteiger partial charge in [-0.2, -0.15) is 0 Å². The summed E-state index contributed by atoms with van der Waals surface area (Å²) >= 11 is 0. The fourth-order valence-corrected chi connectivity index (χ4v) is 3.16.